The molecule has 1 heterocycles. The van der Waals surface area contributed by atoms with Gasteiger partial charge in [0, 0.05) is 18.8 Å². The van der Waals surface area contributed by atoms with E-state index in [2.05, 4.69) is 9.97 Å². The van der Waals surface area contributed by atoms with Gasteiger partial charge in [0.05, 0.1) is 5.60 Å². The van der Waals surface area contributed by atoms with Crippen molar-refractivity contribution >= 4 is 0 Å². The summed E-state index contributed by atoms with van der Waals surface area (Å²) in [6, 6.07) is 0. The third-order valence-electron chi connectivity index (χ3n) is 1.15. The molecule has 0 amide bonds. The number of aliphatic hydroxyl groups is 1. The van der Waals surface area contributed by atoms with Gasteiger partial charge in [0.1, 0.15) is 5.82 Å². The summed E-state index contributed by atoms with van der Waals surface area (Å²) in [5.41, 5.74) is -0.669. The molecule has 2 N–H and O–H groups in total. The van der Waals surface area contributed by atoms with Crippen molar-refractivity contribution in [2.75, 3.05) is 0 Å². The standard InChI is InChI=1S/C7H12N2O/c1-7(2,10)5-6-8-3-4-9-6/h3-4,10H,5H2,1-2H3,(H,8,9). The normalized spacial score (nSPS) is 11.9. The zero-order valence-electron chi connectivity index (χ0n) is 6.26. The molecule has 0 bridgehead atoms. The maximum atomic E-state index is 9.33. The molecule has 1 aromatic rings. The Morgan fingerprint density at radius 2 is 2.40 bits per heavy atom. The molecule has 0 saturated heterocycles. The summed E-state index contributed by atoms with van der Waals surface area (Å²) in [7, 11) is 0. The van der Waals surface area contributed by atoms with E-state index in [-0.39, 0.29) is 0 Å². The van der Waals surface area contributed by atoms with Crippen LogP contribution < -0.4 is 0 Å². The summed E-state index contributed by atoms with van der Waals surface area (Å²) in [4.78, 5) is 6.91. The topological polar surface area (TPSA) is 48.9 Å². The molecule has 0 aromatic carbocycles. The lowest BCUT2D eigenvalue weighted by atomic mass is 10.1. The summed E-state index contributed by atoms with van der Waals surface area (Å²) in [5, 5.41) is 9.33. The Kier molecular flexibility index (Phi) is 1.76. The maximum Gasteiger partial charge on any atom is 0.108 e. The van der Waals surface area contributed by atoms with E-state index in [1.54, 1.807) is 26.2 Å². The molecule has 1 rings (SSSR count). The molecule has 56 valence electrons. The van der Waals surface area contributed by atoms with Crippen LogP contribution in [0.2, 0.25) is 0 Å². The van der Waals surface area contributed by atoms with E-state index in [4.69, 9.17) is 0 Å². The van der Waals surface area contributed by atoms with Gasteiger partial charge in [-0.05, 0) is 13.8 Å². The fourth-order valence-corrected chi connectivity index (χ4v) is 0.804. The molecule has 1 aromatic heterocycles. The average molecular weight is 140 g/mol. The van der Waals surface area contributed by atoms with Gasteiger partial charge in [-0.1, -0.05) is 0 Å². The smallest absolute Gasteiger partial charge is 0.108 e. The lowest BCUT2D eigenvalue weighted by Gasteiger charge is -2.14. The van der Waals surface area contributed by atoms with Gasteiger partial charge in [-0.2, -0.15) is 0 Å². The Morgan fingerprint density at radius 3 is 2.80 bits per heavy atom. The van der Waals surface area contributed by atoms with Crippen molar-refractivity contribution in [2.45, 2.75) is 25.9 Å². The zero-order chi connectivity index (χ0) is 7.61. The van der Waals surface area contributed by atoms with E-state index in [0.717, 1.165) is 5.82 Å². The van der Waals surface area contributed by atoms with Crippen LogP contribution in [0.1, 0.15) is 19.7 Å². The van der Waals surface area contributed by atoms with E-state index in [9.17, 15) is 5.11 Å². The van der Waals surface area contributed by atoms with Crippen LogP contribution in [0.5, 0.6) is 0 Å². The van der Waals surface area contributed by atoms with E-state index in [1.807, 2.05) is 0 Å². The lowest BCUT2D eigenvalue weighted by Crippen LogP contribution is -2.22. The number of hydrogen-bond donors (Lipinski definition) is 2. The largest absolute Gasteiger partial charge is 0.390 e. The third-order valence-corrected chi connectivity index (χ3v) is 1.15. The van der Waals surface area contributed by atoms with Crippen LogP contribution >= 0.6 is 0 Å². The van der Waals surface area contributed by atoms with Crippen LogP contribution in [0.25, 0.3) is 0 Å². The van der Waals surface area contributed by atoms with Crippen molar-refractivity contribution in [2.24, 2.45) is 0 Å². The first-order valence-corrected chi connectivity index (χ1v) is 3.28. The van der Waals surface area contributed by atoms with Gasteiger partial charge in [0.25, 0.3) is 0 Å². The molecule has 0 spiro atoms. The summed E-state index contributed by atoms with van der Waals surface area (Å²) in [5.74, 6) is 0.826. The Labute approximate surface area is 60.1 Å². The highest BCUT2D eigenvalue weighted by atomic mass is 16.3. The number of aromatic nitrogens is 2. The van der Waals surface area contributed by atoms with Crippen LogP contribution in [0.3, 0.4) is 0 Å². The molecule has 0 atom stereocenters. The molecule has 0 unspecified atom stereocenters. The van der Waals surface area contributed by atoms with Gasteiger partial charge in [-0.25, -0.2) is 4.98 Å². The van der Waals surface area contributed by atoms with Gasteiger partial charge in [-0.3, -0.25) is 0 Å². The number of imidazole rings is 1. The second-order valence-corrected chi connectivity index (χ2v) is 3.03. The van der Waals surface area contributed by atoms with Gasteiger partial charge in [0.2, 0.25) is 0 Å². The van der Waals surface area contributed by atoms with Crippen molar-refractivity contribution in [1.29, 1.82) is 0 Å². The van der Waals surface area contributed by atoms with E-state index in [0.29, 0.717) is 6.42 Å². The fraction of sp³-hybridized carbons (Fsp3) is 0.571. The molecule has 0 aliphatic carbocycles. The maximum absolute atomic E-state index is 9.33. The Hall–Kier alpha value is -0.830. The molecular formula is C7H12N2O. The van der Waals surface area contributed by atoms with E-state index < -0.39 is 5.60 Å². The van der Waals surface area contributed by atoms with Gasteiger partial charge >= 0.3 is 0 Å². The van der Waals surface area contributed by atoms with Crippen molar-refractivity contribution in [3.63, 3.8) is 0 Å². The number of H-pyrrole nitrogens is 1. The highest BCUT2D eigenvalue weighted by Gasteiger charge is 2.14. The van der Waals surface area contributed by atoms with E-state index in [1.165, 1.54) is 0 Å². The summed E-state index contributed by atoms with van der Waals surface area (Å²) < 4.78 is 0. The van der Waals surface area contributed by atoms with Gasteiger partial charge < -0.3 is 10.1 Å². The quantitative estimate of drug-likeness (QED) is 0.636. The van der Waals surface area contributed by atoms with Gasteiger partial charge in [-0.15, -0.1) is 0 Å². The van der Waals surface area contributed by atoms with Crippen molar-refractivity contribution < 1.29 is 5.11 Å². The lowest BCUT2D eigenvalue weighted by molar-refractivity contribution is 0.0790. The molecule has 0 radical (unpaired) electrons. The zero-order valence-corrected chi connectivity index (χ0v) is 6.26. The minimum absolute atomic E-state index is 0.569. The van der Waals surface area contributed by atoms with Crippen molar-refractivity contribution in [1.82, 2.24) is 9.97 Å². The first-order chi connectivity index (χ1) is 4.58. The minimum atomic E-state index is -0.669. The third kappa shape index (κ3) is 2.19. The highest BCUT2D eigenvalue weighted by Crippen LogP contribution is 2.06. The first-order valence-electron chi connectivity index (χ1n) is 3.28. The molecule has 0 saturated carbocycles. The van der Waals surface area contributed by atoms with Crippen molar-refractivity contribution in [3.05, 3.63) is 18.2 Å². The van der Waals surface area contributed by atoms with Crippen LogP contribution in [0.4, 0.5) is 0 Å². The summed E-state index contributed by atoms with van der Waals surface area (Å²) in [6.45, 7) is 3.52. The molecule has 3 nitrogen and oxygen atoms in total. The molecule has 0 aliphatic rings. The van der Waals surface area contributed by atoms with Crippen LogP contribution in [0, 0.1) is 0 Å². The number of nitrogens with one attached hydrogen (secondary N) is 1. The number of nitrogens with zero attached hydrogens (tertiary/aromatic N) is 1. The van der Waals surface area contributed by atoms with Crippen LogP contribution in [-0.2, 0) is 6.42 Å². The number of aromatic amines is 1. The van der Waals surface area contributed by atoms with E-state index >= 15 is 0 Å². The number of hydrogen-bond acceptors (Lipinski definition) is 2. The van der Waals surface area contributed by atoms with Crippen LogP contribution in [0.15, 0.2) is 12.4 Å². The Bertz CT molecular complexity index is 186. The van der Waals surface area contributed by atoms with Crippen LogP contribution in [-0.4, -0.2) is 20.7 Å². The second-order valence-electron chi connectivity index (χ2n) is 3.03. The van der Waals surface area contributed by atoms with Gasteiger partial charge in [0.15, 0.2) is 0 Å². The predicted octanol–water partition coefficient (Wildman–Crippen LogP) is 0.723. The Morgan fingerprint density at radius 1 is 1.70 bits per heavy atom. The SMILES string of the molecule is CC(C)(O)Cc1ncc[nH]1. The fourth-order valence-electron chi connectivity index (χ4n) is 0.804. The van der Waals surface area contributed by atoms with Crippen molar-refractivity contribution in [3.8, 4) is 0 Å². The monoisotopic (exact) mass is 140 g/mol. The molecule has 0 aliphatic heterocycles. The predicted molar refractivity (Wildman–Crippen MR) is 38.6 cm³/mol. The molecule has 10 heavy (non-hydrogen) atoms. The molecular weight excluding hydrogens is 128 g/mol. The first kappa shape index (κ1) is 7.28. The molecule has 3 heteroatoms. The Balaban J connectivity index is 2.57. The molecule has 0 fully saturated rings. The minimum Gasteiger partial charge on any atom is -0.390 e. The number of rotatable bonds is 2. The second kappa shape index (κ2) is 2.42. The highest BCUT2D eigenvalue weighted by molar-refractivity contribution is 4.91. The average Bonchev–Trinajstić information content (AvgIpc) is 2.12. The summed E-state index contributed by atoms with van der Waals surface area (Å²) >= 11 is 0. The summed E-state index contributed by atoms with van der Waals surface area (Å²) in [6.07, 6.45) is 4.00.